The van der Waals surface area contributed by atoms with Crippen LogP contribution in [-0.4, -0.2) is 42.5 Å². The Kier molecular flexibility index (Phi) is 4.97. The van der Waals surface area contributed by atoms with Crippen LogP contribution in [0.1, 0.15) is 65.3 Å². The fourth-order valence-electron chi connectivity index (χ4n) is 5.33. The zero-order valence-electron chi connectivity index (χ0n) is 17.6. The van der Waals surface area contributed by atoms with E-state index in [1.165, 1.54) is 12.0 Å². The van der Waals surface area contributed by atoms with Gasteiger partial charge in [-0.3, -0.25) is 9.59 Å². The van der Waals surface area contributed by atoms with Gasteiger partial charge in [-0.1, -0.05) is 24.6 Å². The lowest BCUT2D eigenvalue weighted by Gasteiger charge is -2.45. The predicted molar refractivity (Wildman–Crippen MR) is 119 cm³/mol. The Bertz CT molecular complexity index is 986. The van der Waals surface area contributed by atoms with Crippen LogP contribution in [0.15, 0.2) is 42.5 Å². The van der Waals surface area contributed by atoms with Gasteiger partial charge in [-0.15, -0.1) is 0 Å². The summed E-state index contributed by atoms with van der Waals surface area (Å²) in [6.45, 7) is 4.52. The molecule has 1 atom stereocenters. The summed E-state index contributed by atoms with van der Waals surface area (Å²) in [7, 11) is 0. The molecule has 0 spiro atoms. The molecule has 3 aliphatic rings. The number of fused-ring (bicyclic) bond motifs is 3. The summed E-state index contributed by atoms with van der Waals surface area (Å²) in [5.74, 6) is 0.140. The summed E-state index contributed by atoms with van der Waals surface area (Å²) in [5, 5.41) is 0. The quantitative estimate of drug-likeness (QED) is 0.744. The van der Waals surface area contributed by atoms with E-state index in [0.717, 1.165) is 68.7 Å². The molecule has 2 amide bonds. The Morgan fingerprint density at radius 3 is 2.73 bits per heavy atom. The van der Waals surface area contributed by atoms with Gasteiger partial charge in [-0.25, -0.2) is 0 Å². The maximum atomic E-state index is 13.5. The first-order chi connectivity index (χ1) is 14.7. The molecule has 0 aromatic heterocycles. The van der Waals surface area contributed by atoms with Gasteiger partial charge in [0.05, 0.1) is 11.3 Å². The second-order valence-corrected chi connectivity index (χ2v) is 8.54. The number of hydrogen-bond acceptors (Lipinski definition) is 3. The molecule has 0 aliphatic carbocycles. The predicted octanol–water partition coefficient (Wildman–Crippen LogP) is 4.46. The van der Waals surface area contributed by atoms with Crippen molar-refractivity contribution in [1.29, 1.82) is 0 Å². The summed E-state index contributed by atoms with van der Waals surface area (Å²) in [6.07, 6.45) is 6.48. The van der Waals surface area contributed by atoms with Gasteiger partial charge in [-0.05, 0) is 68.9 Å². The molecule has 5 heteroatoms. The molecule has 2 aromatic rings. The van der Waals surface area contributed by atoms with Gasteiger partial charge in [-0.2, -0.15) is 0 Å². The van der Waals surface area contributed by atoms with Crippen LogP contribution < -0.4 is 9.80 Å². The molecule has 0 saturated carbocycles. The third kappa shape index (κ3) is 3.08. The molecule has 5 rings (SSSR count). The first kappa shape index (κ1) is 19.2. The maximum absolute atomic E-state index is 13.5. The van der Waals surface area contributed by atoms with Gasteiger partial charge in [0, 0.05) is 30.9 Å². The van der Waals surface area contributed by atoms with Crippen LogP contribution in [0.25, 0.3) is 0 Å². The summed E-state index contributed by atoms with van der Waals surface area (Å²) >= 11 is 0. The largest absolute Gasteiger partial charge is 0.351 e. The summed E-state index contributed by atoms with van der Waals surface area (Å²) in [6, 6.07) is 13.8. The molecular weight excluding hydrogens is 374 g/mol. The third-order valence-electron chi connectivity index (χ3n) is 6.82. The van der Waals surface area contributed by atoms with Crippen LogP contribution in [0.5, 0.6) is 0 Å². The summed E-state index contributed by atoms with van der Waals surface area (Å²) < 4.78 is 0. The maximum Gasteiger partial charge on any atom is 0.258 e. The number of nitrogens with zero attached hydrogens (tertiary/aromatic N) is 3. The van der Waals surface area contributed by atoms with Crippen molar-refractivity contribution in [2.75, 3.05) is 29.4 Å². The SMILES string of the molecule is CCN1c2cc(C(=O)N3CCCc4ccccc43)ccc2C(=O)N2CCCCCC21. The Hall–Kier alpha value is -2.82. The van der Waals surface area contributed by atoms with Crippen molar-refractivity contribution < 1.29 is 9.59 Å². The number of carbonyl (C=O) groups is 2. The van der Waals surface area contributed by atoms with E-state index in [2.05, 4.69) is 17.9 Å². The fraction of sp³-hybridized carbons (Fsp3) is 0.440. The van der Waals surface area contributed by atoms with Crippen molar-refractivity contribution in [2.24, 2.45) is 0 Å². The average Bonchev–Trinajstić information content (AvgIpc) is 3.05. The fourth-order valence-corrected chi connectivity index (χ4v) is 5.33. The van der Waals surface area contributed by atoms with Crippen molar-refractivity contribution in [3.63, 3.8) is 0 Å². The van der Waals surface area contributed by atoms with Crippen LogP contribution in [0.3, 0.4) is 0 Å². The molecule has 2 aromatic carbocycles. The van der Waals surface area contributed by atoms with Crippen molar-refractivity contribution in [3.05, 3.63) is 59.2 Å². The number of carbonyl (C=O) groups excluding carboxylic acids is 2. The van der Waals surface area contributed by atoms with Gasteiger partial charge in [0.15, 0.2) is 0 Å². The van der Waals surface area contributed by atoms with Crippen molar-refractivity contribution in [3.8, 4) is 0 Å². The number of anilines is 2. The van der Waals surface area contributed by atoms with E-state index in [1.807, 2.05) is 46.2 Å². The van der Waals surface area contributed by atoms with Gasteiger partial charge in [0.2, 0.25) is 0 Å². The minimum absolute atomic E-state index is 0.0248. The van der Waals surface area contributed by atoms with Crippen LogP contribution >= 0.6 is 0 Å². The molecule has 1 fully saturated rings. The van der Waals surface area contributed by atoms with Crippen LogP contribution in [-0.2, 0) is 6.42 Å². The summed E-state index contributed by atoms with van der Waals surface area (Å²) in [5.41, 5.74) is 4.56. The normalized spacial score (nSPS) is 20.9. The summed E-state index contributed by atoms with van der Waals surface area (Å²) in [4.78, 5) is 33.0. The number of amides is 2. The van der Waals surface area contributed by atoms with E-state index >= 15 is 0 Å². The number of benzene rings is 2. The topological polar surface area (TPSA) is 43.9 Å². The standard InChI is InChI=1S/C25H29N3O2/c1-2-26-22-17-19(24(29)27-16-8-10-18-9-5-6-11-21(18)27)13-14-20(22)25(30)28-15-7-3-4-12-23(26)28/h5-6,9,11,13-14,17,23H,2-4,7-8,10,12,15-16H2,1H3. The third-order valence-corrected chi connectivity index (χ3v) is 6.82. The molecule has 156 valence electrons. The van der Waals surface area contributed by atoms with E-state index in [0.29, 0.717) is 5.56 Å². The smallest absolute Gasteiger partial charge is 0.258 e. The number of rotatable bonds is 2. The highest BCUT2D eigenvalue weighted by Crippen LogP contribution is 2.36. The molecule has 5 nitrogen and oxygen atoms in total. The number of para-hydroxylation sites is 1. The van der Waals surface area contributed by atoms with E-state index in [9.17, 15) is 9.59 Å². The molecule has 0 radical (unpaired) electrons. The van der Waals surface area contributed by atoms with Crippen LogP contribution in [0.4, 0.5) is 11.4 Å². The van der Waals surface area contributed by atoms with Crippen molar-refractivity contribution in [2.45, 2.75) is 51.6 Å². The highest BCUT2D eigenvalue weighted by atomic mass is 16.2. The van der Waals surface area contributed by atoms with Crippen molar-refractivity contribution in [1.82, 2.24) is 4.90 Å². The molecule has 1 saturated heterocycles. The van der Waals surface area contributed by atoms with Crippen molar-refractivity contribution >= 4 is 23.2 Å². The molecule has 0 N–H and O–H groups in total. The van der Waals surface area contributed by atoms with E-state index < -0.39 is 0 Å². The lowest BCUT2D eigenvalue weighted by Crippen LogP contribution is -2.55. The van der Waals surface area contributed by atoms with E-state index in [1.54, 1.807) is 0 Å². The second-order valence-electron chi connectivity index (χ2n) is 8.54. The molecular formula is C25H29N3O2. The average molecular weight is 404 g/mol. The Morgan fingerprint density at radius 2 is 1.87 bits per heavy atom. The van der Waals surface area contributed by atoms with Gasteiger partial charge >= 0.3 is 0 Å². The van der Waals surface area contributed by atoms with Gasteiger partial charge in [0.25, 0.3) is 11.8 Å². The lowest BCUT2D eigenvalue weighted by molar-refractivity contribution is 0.0656. The first-order valence-corrected chi connectivity index (χ1v) is 11.3. The second kappa shape index (κ2) is 7.78. The Morgan fingerprint density at radius 1 is 1.00 bits per heavy atom. The van der Waals surface area contributed by atoms with Gasteiger partial charge < -0.3 is 14.7 Å². The monoisotopic (exact) mass is 403 g/mol. The molecule has 0 bridgehead atoms. The molecule has 1 unspecified atom stereocenters. The van der Waals surface area contributed by atoms with E-state index in [4.69, 9.17) is 0 Å². The number of hydrogen-bond donors (Lipinski definition) is 0. The molecule has 3 heterocycles. The van der Waals surface area contributed by atoms with Crippen LogP contribution in [0.2, 0.25) is 0 Å². The highest BCUT2D eigenvalue weighted by molar-refractivity contribution is 6.09. The minimum Gasteiger partial charge on any atom is -0.351 e. The number of aryl methyl sites for hydroxylation is 1. The highest BCUT2D eigenvalue weighted by Gasteiger charge is 2.38. The Labute approximate surface area is 178 Å². The zero-order valence-corrected chi connectivity index (χ0v) is 17.6. The first-order valence-electron chi connectivity index (χ1n) is 11.3. The van der Waals surface area contributed by atoms with E-state index in [-0.39, 0.29) is 18.0 Å². The van der Waals surface area contributed by atoms with Gasteiger partial charge in [0.1, 0.15) is 6.17 Å². The van der Waals surface area contributed by atoms with Crippen LogP contribution in [0, 0.1) is 0 Å². The molecule has 30 heavy (non-hydrogen) atoms. The Balaban J connectivity index is 1.52. The molecule has 3 aliphatic heterocycles. The zero-order chi connectivity index (χ0) is 20.7. The lowest BCUT2D eigenvalue weighted by atomic mass is 9.98. The minimum atomic E-state index is 0.0248.